The highest BCUT2D eigenvalue weighted by Crippen LogP contribution is 2.52. The van der Waals surface area contributed by atoms with E-state index in [1.54, 1.807) is 0 Å². The van der Waals surface area contributed by atoms with Crippen LogP contribution in [0.1, 0.15) is 18.4 Å². The van der Waals surface area contributed by atoms with Gasteiger partial charge in [0.05, 0.1) is 5.92 Å². The summed E-state index contributed by atoms with van der Waals surface area (Å²) in [7, 11) is 0. The van der Waals surface area contributed by atoms with E-state index in [0.29, 0.717) is 6.08 Å². The van der Waals surface area contributed by atoms with E-state index >= 15 is 0 Å². The van der Waals surface area contributed by atoms with Crippen LogP contribution in [0.4, 0.5) is 30.7 Å². The Morgan fingerprint density at radius 3 is 1.80 bits per heavy atom. The highest BCUT2D eigenvalue weighted by Gasteiger charge is 2.74. The van der Waals surface area contributed by atoms with Gasteiger partial charge in [-0.25, -0.2) is 0 Å². The fraction of sp³-hybridized carbons (Fsp3) is 0.385. The van der Waals surface area contributed by atoms with Crippen LogP contribution in [0.2, 0.25) is 0 Å². The molecule has 0 radical (unpaired) electrons. The van der Waals surface area contributed by atoms with Gasteiger partial charge in [0.15, 0.2) is 0 Å². The Morgan fingerprint density at radius 2 is 1.40 bits per heavy atom. The molecule has 0 bridgehead atoms. The third kappa shape index (κ3) is 2.81. The number of alkyl halides is 7. The van der Waals surface area contributed by atoms with E-state index in [-0.39, 0.29) is 5.56 Å². The van der Waals surface area contributed by atoms with Gasteiger partial charge in [-0.15, -0.1) is 0 Å². The molecule has 0 aliphatic carbocycles. The lowest BCUT2D eigenvalue weighted by Crippen LogP contribution is -2.54. The molecule has 0 nitrogen and oxygen atoms in total. The third-order valence-corrected chi connectivity index (χ3v) is 2.71. The monoisotopic (exact) mass is 300 g/mol. The van der Waals surface area contributed by atoms with Gasteiger partial charge < -0.3 is 0 Å². The summed E-state index contributed by atoms with van der Waals surface area (Å²) in [6.07, 6.45) is -4.68. The summed E-state index contributed by atoms with van der Waals surface area (Å²) < 4.78 is 90.1. The molecule has 0 amide bonds. The molecule has 0 saturated heterocycles. The van der Waals surface area contributed by atoms with Gasteiger partial charge in [0.25, 0.3) is 0 Å². The van der Waals surface area contributed by atoms with Crippen molar-refractivity contribution >= 4 is 0 Å². The SMILES string of the molecule is C/C=C/C(c1ccccc1)C(F)(F)C(F)(F)C(F)(F)F. The average Bonchev–Trinajstić information content (AvgIpc) is 2.35. The lowest BCUT2D eigenvalue weighted by atomic mass is 9.88. The number of rotatable bonds is 4. The van der Waals surface area contributed by atoms with E-state index in [1.807, 2.05) is 0 Å². The molecule has 1 unspecified atom stereocenters. The first-order valence-electron chi connectivity index (χ1n) is 5.55. The molecule has 112 valence electrons. The number of allylic oxidation sites excluding steroid dienone is 2. The van der Waals surface area contributed by atoms with Gasteiger partial charge in [0.2, 0.25) is 0 Å². The van der Waals surface area contributed by atoms with Gasteiger partial charge in [-0.1, -0.05) is 42.5 Å². The quantitative estimate of drug-likeness (QED) is 0.531. The summed E-state index contributed by atoms with van der Waals surface area (Å²) in [5, 5.41) is 0. The summed E-state index contributed by atoms with van der Waals surface area (Å²) in [4.78, 5) is 0. The highest BCUT2D eigenvalue weighted by atomic mass is 19.4. The van der Waals surface area contributed by atoms with Gasteiger partial charge in [0, 0.05) is 0 Å². The largest absolute Gasteiger partial charge is 0.459 e. The Balaban J connectivity index is 3.34. The van der Waals surface area contributed by atoms with Crippen LogP contribution in [0, 0.1) is 0 Å². The number of hydrogen-bond donors (Lipinski definition) is 0. The summed E-state index contributed by atoms with van der Waals surface area (Å²) in [5.74, 6) is -13.8. The molecule has 0 aliphatic heterocycles. The molecule has 0 heterocycles. The fourth-order valence-corrected chi connectivity index (χ4v) is 1.68. The molecular formula is C13H11F7. The summed E-state index contributed by atoms with van der Waals surface area (Å²) in [5.41, 5.74) is -0.320. The predicted molar refractivity (Wildman–Crippen MR) is 59.9 cm³/mol. The molecule has 1 rings (SSSR count). The molecule has 0 N–H and O–H groups in total. The van der Waals surface area contributed by atoms with E-state index < -0.39 is 23.9 Å². The summed E-state index contributed by atoms with van der Waals surface area (Å²) >= 11 is 0. The molecule has 7 heteroatoms. The first-order valence-corrected chi connectivity index (χ1v) is 5.55. The molecule has 1 aromatic rings. The van der Waals surface area contributed by atoms with Gasteiger partial charge in [-0.05, 0) is 12.5 Å². The van der Waals surface area contributed by atoms with Crippen molar-refractivity contribution in [3.05, 3.63) is 48.0 Å². The topological polar surface area (TPSA) is 0 Å². The van der Waals surface area contributed by atoms with Crippen molar-refractivity contribution in [2.75, 3.05) is 0 Å². The number of halogens is 7. The molecule has 0 saturated carbocycles. The van der Waals surface area contributed by atoms with E-state index in [1.165, 1.54) is 25.1 Å². The Morgan fingerprint density at radius 1 is 0.900 bits per heavy atom. The van der Waals surface area contributed by atoms with Crippen molar-refractivity contribution in [2.45, 2.75) is 30.9 Å². The van der Waals surface area contributed by atoms with Gasteiger partial charge in [0.1, 0.15) is 0 Å². The molecule has 0 spiro atoms. The molecule has 1 atom stereocenters. The van der Waals surface area contributed by atoms with E-state index in [4.69, 9.17) is 0 Å². The van der Waals surface area contributed by atoms with Crippen LogP contribution in [0.5, 0.6) is 0 Å². The van der Waals surface area contributed by atoms with E-state index in [0.717, 1.165) is 18.2 Å². The van der Waals surface area contributed by atoms with Crippen LogP contribution in [-0.4, -0.2) is 18.0 Å². The minimum Gasteiger partial charge on any atom is -0.198 e. The highest BCUT2D eigenvalue weighted by molar-refractivity contribution is 5.28. The molecule has 0 aliphatic rings. The first kappa shape index (κ1) is 16.5. The zero-order valence-electron chi connectivity index (χ0n) is 10.3. The van der Waals surface area contributed by atoms with E-state index in [9.17, 15) is 30.7 Å². The second-order valence-corrected chi connectivity index (χ2v) is 4.11. The van der Waals surface area contributed by atoms with Crippen LogP contribution in [-0.2, 0) is 0 Å². The maximum Gasteiger partial charge on any atom is 0.459 e. The lowest BCUT2D eigenvalue weighted by Gasteiger charge is -2.33. The molecular weight excluding hydrogens is 289 g/mol. The number of hydrogen-bond acceptors (Lipinski definition) is 0. The van der Waals surface area contributed by atoms with Crippen LogP contribution in [0.25, 0.3) is 0 Å². The second-order valence-electron chi connectivity index (χ2n) is 4.11. The summed E-state index contributed by atoms with van der Waals surface area (Å²) in [6, 6.07) is 6.16. The second kappa shape index (κ2) is 5.46. The molecule has 20 heavy (non-hydrogen) atoms. The third-order valence-electron chi connectivity index (χ3n) is 2.71. The minimum absolute atomic E-state index is 0.320. The van der Waals surface area contributed by atoms with Crippen molar-refractivity contribution in [1.82, 2.24) is 0 Å². The maximum atomic E-state index is 13.7. The number of benzene rings is 1. The van der Waals surface area contributed by atoms with E-state index in [2.05, 4.69) is 0 Å². The predicted octanol–water partition coefficient (Wildman–Crippen LogP) is 5.18. The zero-order chi connectivity index (χ0) is 15.6. The fourth-order valence-electron chi connectivity index (χ4n) is 1.68. The van der Waals surface area contributed by atoms with Crippen molar-refractivity contribution < 1.29 is 30.7 Å². The Labute approximate surface area is 110 Å². The van der Waals surface area contributed by atoms with Crippen molar-refractivity contribution in [3.8, 4) is 0 Å². The Kier molecular flexibility index (Phi) is 4.51. The van der Waals surface area contributed by atoms with Crippen molar-refractivity contribution in [3.63, 3.8) is 0 Å². The Bertz CT molecular complexity index is 459. The molecule has 0 fully saturated rings. The first-order chi connectivity index (χ1) is 9.05. The van der Waals surface area contributed by atoms with Gasteiger partial charge in [-0.2, -0.15) is 30.7 Å². The molecule has 0 aromatic heterocycles. The summed E-state index contributed by atoms with van der Waals surface area (Å²) in [6.45, 7) is 1.26. The van der Waals surface area contributed by atoms with Gasteiger partial charge in [-0.3, -0.25) is 0 Å². The zero-order valence-corrected chi connectivity index (χ0v) is 10.3. The molecule has 1 aromatic carbocycles. The normalized spacial score (nSPS) is 15.6. The maximum absolute atomic E-state index is 13.7. The van der Waals surface area contributed by atoms with Crippen molar-refractivity contribution in [2.24, 2.45) is 0 Å². The lowest BCUT2D eigenvalue weighted by molar-refractivity contribution is -0.357. The minimum atomic E-state index is -6.33. The average molecular weight is 300 g/mol. The van der Waals surface area contributed by atoms with Crippen LogP contribution < -0.4 is 0 Å². The van der Waals surface area contributed by atoms with Crippen molar-refractivity contribution in [1.29, 1.82) is 0 Å². The standard InChI is InChI=1S/C13H11F7/c1-2-6-10(9-7-4-3-5-8-9)11(14,15)12(16,17)13(18,19)20/h2-8,10H,1H3/b6-2+. The van der Waals surface area contributed by atoms with Gasteiger partial charge >= 0.3 is 18.0 Å². The van der Waals surface area contributed by atoms with Crippen LogP contribution >= 0.6 is 0 Å². The van der Waals surface area contributed by atoms with Crippen LogP contribution in [0.15, 0.2) is 42.5 Å². The Hall–Kier alpha value is -1.53. The smallest absolute Gasteiger partial charge is 0.198 e. The van der Waals surface area contributed by atoms with Crippen LogP contribution in [0.3, 0.4) is 0 Å².